The van der Waals surface area contributed by atoms with Gasteiger partial charge in [0.1, 0.15) is 12.1 Å². The number of para-hydroxylation sites is 1. The zero-order valence-corrected chi connectivity index (χ0v) is 12.8. The van der Waals surface area contributed by atoms with E-state index in [1.54, 1.807) is 0 Å². The summed E-state index contributed by atoms with van der Waals surface area (Å²) in [6.45, 7) is 4.08. The summed E-state index contributed by atoms with van der Waals surface area (Å²) < 4.78 is 0. The Hall–Kier alpha value is -2.30. The van der Waals surface area contributed by atoms with Crippen molar-refractivity contribution in [2.45, 2.75) is 38.8 Å². The number of H-pyrrole nitrogens is 1. The predicted octanol–water partition coefficient (Wildman–Crippen LogP) is 1.74. The lowest BCUT2D eigenvalue weighted by Crippen LogP contribution is -2.62. The summed E-state index contributed by atoms with van der Waals surface area (Å²) in [5.74, 6) is 0.176. The SMILES string of the molecule is CC(C)CC1NC(=O)C(Cc2c[nH]c3ccccc23)NC1=O. The first kappa shape index (κ1) is 14.6. The topological polar surface area (TPSA) is 74.0 Å². The van der Waals surface area contributed by atoms with Crippen LogP contribution < -0.4 is 10.6 Å². The Morgan fingerprint density at radius 2 is 1.73 bits per heavy atom. The first-order valence-electron chi connectivity index (χ1n) is 7.70. The third kappa shape index (κ3) is 2.84. The molecule has 0 saturated carbocycles. The Bertz CT molecular complexity index is 705. The highest BCUT2D eigenvalue weighted by atomic mass is 16.2. The third-order valence-electron chi connectivity index (χ3n) is 4.07. The zero-order valence-electron chi connectivity index (χ0n) is 12.8. The first-order valence-corrected chi connectivity index (χ1v) is 7.70. The number of amides is 2. The lowest BCUT2D eigenvalue weighted by Gasteiger charge is -2.30. The van der Waals surface area contributed by atoms with Gasteiger partial charge in [0.15, 0.2) is 0 Å². The Balaban J connectivity index is 1.74. The van der Waals surface area contributed by atoms with Gasteiger partial charge in [-0.15, -0.1) is 0 Å². The molecule has 1 aromatic carbocycles. The van der Waals surface area contributed by atoms with E-state index >= 15 is 0 Å². The molecule has 116 valence electrons. The fourth-order valence-corrected chi connectivity index (χ4v) is 2.98. The van der Waals surface area contributed by atoms with Gasteiger partial charge in [-0.1, -0.05) is 32.0 Å². The van der Waals surface area contributed by atoms with E-state index < -0.39 is 12.1 Å². The Kier molecular flexibility index (Phi) is 3.88. The van der Waals surface area contributed by atoms with Crippen LogP contribution in [0.25, 0.3) is 10.9 Å². The van der Waals surface area contributed by atoms with E-state index in [0.29, 0.717) is 18.8 Å². The molecule has 22 heavy (non-hydrogen) atoms. The third-order valence-corrected chi connectivity index (χ3v) is 4.07. The molecule has 0 bridgehead atoms. The van der Waals surface area contributed by atoms with E-state index in [1.807, 2.05) is 44.3 Å². The fraction of sp³-hybridized carbons (Fsp3) is 0.412. The highest BCUT2D eigenvalue weighted by Gasteiger charge is 2.34. The number of nitrogens with one attached hydrogen (secondary N) is 3. The predicted molar refractivity (Wildman–Crippen MR) is 85.3 cm³/mol. The molecule has 1 aliphatic heterocycles. The maximum absolute atomic E-state index is 12.3. The van der Waals surface area contributed by atoms with Crippen molar-refractivity contribution in [2.24, 2.45) is 5.92 Å². The van der Waals surface area contributed by atoms with Crippen LogP contribution in [0.1, 0.15) is 25.8 Å². The van der Waals surface area contributed by atoms with E-state index in [1.165, 1.54) is 0 Å². The van der Waals surface area contributed by atoms with Gasteiger partial charge in [-0.25, -0.2) is 0 Å². The molecule has 2 amide bonds. The van der Waals surface area contributed by atoms with Gasteiger partial charge in [0.25, 0.3) is 0 Å². The molecule has 5 nitrogen and oxygen atoms in total. The average molecular weight is 299 g/mol. The smallest absolute Gasteiger partial charge is 0.243 e. The fourth-order valence-electron chi connectivity index (χ4n) is 2.98. The van der Waals surface area contributed by atoms with E-state index in [4.69, 9.17) is 0 Å². The second-order valence-electron chi connectivity index (χ2n) is 6.32. The molecule has 1 aliphatic rings. The van der Waals surface area contributed by atoms with E-state index in [9.17, 15) is 9.59 Å². The standard InChI is InChI=1S/C17H21N3O2/c1-10(2)7-14-16(21)20-15(17(22)19-14)8-11-9-18-13-6-4-3-5-12(11)13/h3-6,9-10,14-15,18H,7-8H2,1-2H3,(H,19,22)(H,20,21). The van der Waals surface area contributed by atoms with Gasteiger partial charge in [-0.3, -0.25) is 9.59 Å². The quantitative estimate of drug-likeness (QED) is 0.804. The Labute approximate surface area is 129 Å². The minimum atomic E-state index is -0.505. The number of carbonyl (C=O) groups is 2. The number of carbonyl (C=O) groups excluding carboxylic acids is 2. The minimum absolute atomic E-state index is 0.0851. The molecule has 2 aromatic rings. The summed E-state index contributed by atoms with van der Waals surface area (Å²) in [6, 6.07) is 7.04. The van der Waals surface area contributed by atoms with Crippen LogP contribution >= 0.6 is 0 Å². The maximum atomic E-state index is 12.3. The van der Waals surface area contributed by atoms with Crippen LogP contribution in [-0.4, -0.2) is 28.9 Å². The molecule has 1 fully saturated rings. The van der Waals surface area contributed by atoms with Gasteiger partial charge in [0.2, 0.25) is 11.8 Å². The number of rotatable bonds is 4. The monoisotopic (exact) mass is 299 g/mol. The largest absolute Gasteiger partial charge is 0.361 e. The van der Waals surface area contributed by atoms with Crippen LogP contribution in [0, 0.1) is 5.92 Å². The molecular formula is C17H21N3O2. The molecular weight excluding hydrogens is 278 g/mol. The van der Waals surface area contributed by atoms with E-state index in [2.05, 4.69) is 15.6 Å². The van der Waals surface area contributed by atoms with Crippen molar-refractivity contribution in [3.8, 4) is 0 Å². The van der Waals surface area contributed by atoms with Crippen molar-refractivity contribution in [2.75, 3.05) is 0 Å². The van der Waals surface area contributed by atoms with Crippen molar-refractivity contribution < 1.29 is 9.59 Å². The molecule has 0 aliphatic carbocycles. The van der Waals surface area contributed by atoms with Gasteiger partial charge in [-0.05, 0) is 24.0 Å². The summed E-state index contributed by atoms with van der Waals surface area (Å²) in [5.41, 5.74) is 2.08. The maximum Gasteiger partial charge on any atom is 0.243 e. The molecule has 1 aromatic heterocycles. The second kappa shape index (κ2) is 5.83. The van der Waals surface area contributed by atoms with Crippen molar-refractivity contribution in [3.63, 3.8) is 0 Å². The van der Waals surface area contributed by atoms with Gasteiger partial charge >= 0.3 is 0 Å². The normalized spacial score (nSPS) is 22.0. The molecule has 2 atom stereocenters. The molecule has 0 radical (unpaired) electrons. The zero-order chi connectivity index (χ0) is 15.7. The molecule has 5 heteroatoms. The number of hydrogen-bond donors (Lipinski definition) is 3. The summed E-state index contributed by atoms with van der Waals surface area (Å²) in [4.78, 5) is 27.6. The molecule has 2 heterocycles. The number of aromatic amines is 1. The van der Waals surface area contributed by atoms with Gasteiger partial charge in [-0.2, -0.15) is 0 Å². The number of benzene rings is 1. The van der Waals surface area contributed by atoms with Crippen molar-refractivity contribution >= 4 is 22.7 Å². The van der Waals surface area contributed by atoms with E-state index in [-0.39, 0.29) is 11.8 Å². The summed E-state index contributed by atoms with van der Waals surface area (Å²) in [7, 11) is 0. The average Bonchev–Trinajstić information content (AvgIpc) is 2.87. The number of fused-ring (bicyclic) bond motifs is 1. The highest BCUT2D eigenvalue weighted by molar-refractivity contribution is 5.97. The summed E-state index contributed by atoms with van der Waals surface area (Å²) in [5, 5.41) is 6.80. The molecule has 0 spiro atoms. The summed E-state index contributed by atoms with van der Waals surface area (Å²) in [6.07, 6.45) is 3.07. The molecule has 2 unspecified atom stereocenters. The van der Waals surface area contributed by atoms with Crippen LogP contribution in [0.4, 0.5) is 0 Å². The number of piperazine rings is 1. The van der Waals surface area contributed by atoms with Crippen molar-refractivity contribution in [3.05, 3.63) is 36.0 Å². The van der Waals surface area contributed by atoms with Crippen LogP contribution in [0.5, 0.6) is 0 Å². The second-order valence-corrected chi connectivity index (χ2v) is 6.32. The Morgan fingerprint density at radius 3 is 2.50 bits per heavy atom. The molecule has 1 saturated heterocycles. The van der Waals surface area contributed by atoms with E-state index in [0.717, 1.165) is 16.5 Å². The number of hydrogen-bond acceptors (Lipinski definition) is 2. The molecule has 3 rings (SSSR count). The van der Waals surface area contributed by atoms with Crippen molar-refractivity contribution in [1.82, 2.24) is 15.6 Å². The number of aromatic nitrogens is 1. The minimum Gasteiger partial charge on any atom is -0.361 e. The summed E-state index contributed by atoms with van der Waals surface area (Å²) >= 11 is 0. The highest BCUT2D eigenvalue weighted by Crippen LogP contribution is 2.20. The van der Waals surface area contributed by atoms with Crippen molar-refractivity contribution in [1.29, 1.82) is 0 Å². The Morgan fingerprint density at radius 1 is 1.05 bits per heavy atom. The van der Waals surface area contributed by atoms with Crippen LogP contribution in [0.15, 0.2) is 30.5 Å². The molecule has 3 N–H and O–H groups in total. The first-order chi connectivity index (χ1) is 10.5. The lowest BCUT2D eigenvalue weighted by molar-refractivity contribution is -0.137. The van der Waals surface area contributed by atoms with Crippen LogP contribution in [-0.2, 0) is 16.0 Å². The van der Waals surface area contributed by atoms with Gasteiger partial charge in [0, 0.05) is 23.5 Å². The van der Waals surface area contributed by atoms with Gasteiger partial charge in [0.05, 0.1) is 0 Å². The van der Waals surface area contributed by atoms with Crippen LogP contribution in [0.3, 0.4) is 0 Å². The van der Waals surface area contributed by atoms with Gasteiger partial charge < -0.3 is 15.6 Å². The lowest BCUT2D eigenvalue weighted by atomic mass is 9.97. The van der Waals surface area contributed by atoms with Crippen LogP contribution in [0.2, 0.25) is 0 Å².